The van der Waals surface area contributed by atoms with E-state index in [1.54, 1.807) is 0 Å². The van der Waals surface area contributed by atoms with Crippen molar-refractivity contribution >= 4 is 0 Å². The number of hydrogen-bond acceptors (Lipinski definition) is 2. The Morgan fingerprint density at radius 3 is 2.56 bits per heavy atom. The largest absolute Gasteiger partial charge is 0.489 e. The van der Waals surface area contributed by atoms with Gasteiger partial charge in [0.1, 0.15) is 11.9 Å². The lowest BCUT2D eigenvalue weighted by Gasteiger charge is -2.21. The third-order valence-electron chi connectivity index (χ3n) is 2.53. The molecule has 0 aliphatic heterocycles. The van der Waals surface area contributed by atoms with Gasteiger partial charge in [0.15, 0.2) is 0 Å². The molecular formula is C14H23NO. The van der Waals surface area contributed by atoms with E-state index in [4.69, 9.17) is 4.74 Å². The molecule has 1 unspecified atom stereocenters. The van der Waals surface area contributed by atoms with Crippen molar-refractivity contribution in [1.29, 1.82) is 0 Å². The smallest absolute Gasteiger partial charge is 0.120 e. The molecule has 2 heteroatoms. The molecule has 1 aromatic rings. The molecule has 0 spiro atoms. The molecule has 0 fully saturated rings. The third-order valence-corrected chi connectivity index (χ3v) is 2.53. The Morgan fingerprint density at radius 2 is 2.00 bits per heavy atom. The molecule has 0 aliphatic carbocycles. The van der Waals surface area contributed by atoms with E-state index in [-0.39, 0.29) is 11.5 Å². The quantitative estimate of drug-likeness (QED) is 0.844. The third kappa shape index (κ3) is 3.86. The van der Waals surface area contributed by atoms with Crippen molar-refractivity contribution in [2.24, 2.45) is 0 Å². The Hall–Kier alpha value is -1.02. The Bertz CT molecular complexity index is 328. The highest BCUT2D eigenvalue weighted by Gasteiger charge is 2.14. The molecule has 0 heterocycles. The summed E-state index contributed by atoms with van der Waals surface area (Å²) < 4.78 is 5.83. The van der Waals surface area contributed by atoms with Gasteiger partial charge in [-0.2, -0.15) is 0 Å². The van der Waals surface area contributed by atoms with Gasteiger partial charge in [-0.05, 0) is 37.1 Å². The Labute approximate surface area is 99.0 Å². The highest BCUT2D eigenvalue weighted by atomic mass is 16.5. The predicted octanol–water partition coefficient (Wildman–Crippen LogP) is 2.97. The summed E-state index contributed by atoms with van der Waals surface area (Å²) >= 11 is 0. The van der Waals surface area contributed by atoms with Gasteiger partial charge < -0.3 is 10.1 Å². The second-order valence-electron chi connectivity index (χ2n) is 5.26. The van der Waals surface area contributed by atoms with E-state index in [2.05, 4.69) is 51.2 Å². The molecular weight excluding hydrogens is 198 g/mol. The maximum atomic E-state index is 5.83. The molecule has 1 N–H and O–H groups in total. The van der Waals surface area contributed by atoms with E-state index < -0.39 is 0 Å². The van der Waals surface area contributed by atoms with Crippen LogP contribution in [0.3, 0.4) is 0 Å². The first-order valence-electron chi connectivity index (χ1n) is 5.85. The van der Waals surface area contributed by atoms with Crippen LogP contribution in [0.15, 0.2) is 24.3 Å². The zero-order chi connectivity index (χ0) is 12.2. The molecule has 0 aromatic heterocycles. The fourth-order valence-electron chi connectivity index (χ4n) is 1.60. The highest BCUT2D eigenvalue weighted by molar-refractivity contribution is 5.32. The van der Waals surface area contributed by atoms with Crippen LogP contribution in [0.4, 0.5) is 0 Å². The molecule has 1 rings (SSSR count). The number of benzene rings is 1. The lowest BCUT2D eigenvalue weighted by Crippen LogP contribution is -2.26. The highest BCUT2D eigenvalue weighted by Crippen LogP contribution is 2.25. The molecule has 0 amide bonds. The zero-order valence-corrected chi connectivity index (χ0v) is 11.0. The Kier molecular flexibility index (Phi) is 4.36. The molecule has 16 heavy (non-hydrogen) atoms. The van der Waals surface area contributed by atoms with Gasteiger partial charge in [-0.25, -0.2) is 0 Å². The molecule has 0 aliphatic rings. The first-order valence-corrected chi connectivity index (χ1v) is 5.85. The van der Waals surface area contributed by atoms with E-state index in [1.165, 1.54) is 5.56 Å². The summed E-state index contributed by atoms with van der Waals surface area (Å²) in [4.78, 5) is 0. The second kappa shape index (κ2) is 5.35. The number of likely N-dealkylation sites (N-methyl/N-ethyl adjacent to an activating group) is 1. The molecule has 0 saturated carbocycles. The summed E-state index contributed by atoms with van der Waals surface area (Å²) in [6.07, 6.45) is 0.195. The van der Waals surface area contributed by atoms with Crippen LogP contribution in [0, 0.1) is 0 Å². The maximum absolute atomic E-state index is 5.83. The maximum Gasteiger partial charge on any atom is 0.120 e. The average Bonchev–Trinajstić information content (AvgIpc) is 2.17. The normalized spacial score (nSPS) is 13.6. The van der Waals surface area contributed by atoms with E-state index >= 15 is 0 Å². The minimum atomic E-state index is 0.172. The van der Waals surface area contributed by atoms with Crippen LogP contribution in [0.5, 0.6) is 5.75 Å². The summed E-state index contributed by atoms with van der Waals surface area (Å²) in [5, 5.41) is 3.11. The van der Waals surface area contributed by atoms with Crippen LogP contribution >= 0.6 is 0 Å². The first-order chi connectivity index (χ1) is 7.43. The summed E-state index contributed by atoms with van der Waals surface area (Å²) in [6.45, 7) is 9.56. The van der Waals surface area contributed by atoms with Crippen LogP contribution in [0.1, 0.15) is 33.3 Å². The van der Waals surface area contributed by atoms with Crippen LogP contribution in [-0.2, 0) is 5.41 Å². The van der Waals surface area contributed by atoms with E-state index in [9.17, 15) is 0 Å². The SMILES string of the molecule is CNCC(C)Oc1cccc(C(C)(C)C)c1. The fraction of sp³-hybridized carbons (Fsp3) is 0.571. The van der Waals surface area contributed by atoms with E-state index in [0.717, 1.165) is 12.3 Å². The molecule has 0 bridgehead atoms. The summed E-state index contributed by atoms with van der Waals surface area (Å²) in [5.74, 6) is 0.954. The van der Waals surface area contributed by atoms with Crippen LogP contribution < -0.4 is 10.1 Å². The summed E-state index contributed by atoms with van der Waals surface area (Å²) in [6, 6.07) is 8.35. The number of rotatable bonds is 4. The van der Waals surface area contributed by atoms with Crippen LogP contribution in [0.25, 0.3) is 0 Å². The monoisotopic (exact) mass is 221 g/mol. The standard InChI is InChI=1S/C14H23NO/c1-11(10-15-5)16-13-8-6-7-12(9-13)14(2,3)4/h6-9,11,15H,10H2,1-5H3. The van der Waals surface area contributed by atoms with Gasteiger partial charge in [-0.1, -0.05) is 32.9 Å². The molecule has 1 atom stereocenters. The van der Waals surface area contributed by atoms with Gasteiger partial charge >= 0.3 is 0 Å². The van der Waals surface area contributed by atoms with Gasteiger partial charge in [0, 0.05) is 6.54 Å². The summed E-state index contributed by atoms with van der Waals surface area (Å²) in [5.41, 5.74) is 1.48. The minimum Gasteiger partial charge on any atom is -0.489 e. The van der Waals surface area contributed by atoms with Gasteiger partial charge in [0.2, 0.25) is 0 Å². The van der Waals surface area contributed by atoms with E-state index in [0.29, 0.717) is 0 Å². The van der Waals surface area contributed by atoms with Gasteiger partial charge in [0.25, 0.3) is 0 Å². The molecule has 90 valence electrons. The predicted molar refractivity (Wildman–Crippen MR) is 69.2 cm³/mol. The molecule has 0 saturated heterocycles. The Morgan fingerprint density at radius 1 is 1.31 bits per heavy atom. The van der Waals surface area contributed by atoms with Crippen molar-refractivity contribution in [3.63, 3.8) is 0 Å². The van der Waals surface area contributed by atoms with Crippen LogP contribution in [-0.4, -0.2) is 19.7 Å². The summed E-state index contributed by atoms with van der Waals surface area (Å²) in [7, 11) is 1.94. The van der Waals surface area contributed by atoms with Crippen LogP contribution in [0.2, 0.25) is 0 Å². The minimum absolute atomic E-state index is 0.172. The number of ether oxygens (including phenoxy) is 1. The number of nitrogens with one attached hydrogen (secondary N) is 1. The second-order valence-corrected chi connectivity index (χ2v) is 5.26. The molecule has 0 radical (unpaired) electrons. The first kappa shape index (κ1) is 13.0. The topological polar surface area (TPSA) is 21.3 Å². The average molecular weight is 221 g/mol. The van der Waals surface area contributed by atoms with Crippen molar-refractivity contribution in [2.75, 3.05) is 13.6 Å². The van der Waals surface area contributed by atoms with E-state index in [1.807, 2.05) is 13.1 Å². The lowest BCUT2D eigenvalue weighted by molar-refractivity contribution is 0.220. The van der Waals surface area contributed by atoms with Crippen molar-refractivity contribution in [1.82, 2.24) is 5.32 Å². The number of hydrogen-bond donors (Lipinski definition) is 1. The molecule has 2 nitrogen and oxygen atoms in total. The van der Waals surface area contributed by atoms with Gasteiger partial charge in [-0.15, -0.1) is 0 Å². The lowest BCUT2D eigenvalue weighted by atomic mass is 9.87. The van der Waals surface area contributed by atoms with Crippen molar-refractivity contribution in [3.8, 4) is 5.75 Å². The fourth-order valence-corrected chi connectivity index (χ4v) is 1.60. The Balaban J connectivity index is 2.75. The van der Waals surface area contributed by atoms with Gasteiger partial charge in [-0.3, -0.25) is 0 Å². The molecule has 1 aromatic carbocycles. The van der Waals surface area contributed by atoms with Crippen molar-refractivity contribution < 1.29 is 4.74 Å². The van der Waals surface area contributed by atoms with Crippen molar-refractivity contribution in [3.05, 3.63) is 29.8 Å². The van der Waals surface area contributed by atoms with Gasteiger partial charge in [0.05, 0.1) is 0 Å². The van der Waals surface area contributed by atoms with Crippen molar-refractivity contribution in [2.45, 2.75) is 39.2 Å². The zero-order valence-electron chi connectivity index (χ0n) is 11.0.